The molecule has 0 unspecified atom stereocenters. The summed E-state index contributed by atoms with van der Waals surface area (Å²) < 4.78 is 0. The Hall–Kier alpha value is -0.980. The topological polar surface area (TPSA) is 32.6 Å². The van der Waals surface area contributed by atoms with Gasteiger partial charge in [0, 0.05) is 11.6 Å². The van der Waals surface area contributed by atoms with Crippen molar-refractivity contribution in [3.63, 3.8) is 0 Å². The van der Waals surface area contributed by atoms with Crippen LogP contribution in [0.2, 0.25) is 0 Å². The molecule has 1 aliphatic rings. The van der Waals surface area contributed by atoms with Crippen LogP contribution in [0.5, 0.6) is 0 Å². The Morgan fingerprint density at radius 3 is 3.10 bits per heavy atom. The first-order valence-electron chi connectivity index (χ1n) is 2.76. The van der Waals surface area contributed by atoms with E-state index in [-0.39, 0.29) is 10.8 Å². The van der Waals surface area contributed by atoms with Crippen molar-refractivity contribution in [2.24, 2.45) is 4.99 Å². The molecule has 0 amide bonds. The summed E-state index contributed by atoms with van der Waals surface area (Å²) in [4.78, 5) is 3.65. The van der Waals surface area contributed by atoms with E-state index in [0.717, 1.165) is 0 Å². The minimum atomic E-state index is 0.0652. The van der Waals surface area contributed by atoms with Crippen LogP contribution in [0.3, 0.4) is 0 Å². The van der Waals surface area contributed by atoms with Gasteiger partial charge in [0.05, 0.1) is 6.20 Å². The lowest BCUT2D eigenvalue weighted by molar-refractivity contribution is 0.424. The first-order chi connectivity index (χ1) is 4.72. The smallest absolute Gasteiger partial charge is 0.139 e. The van der Waals surface area contributed by atoms with Crippen LogP contribution >= 0.6 is 11.6 Å². The highest BCUT2D eigenvalue weighted by atomic mass is 35.5. The van der Waals surface area contributed by atoms with Gasteiger partial charge in [-0.3, -0.25) is 0 Å². The van der Waals surface area contributed by atoms with Crippen LogP contribution in [-0.4, -0.2) is 11.0 Å². The molecule has 2 nitrogen and oxygen atoms in total. The van der Waals surface area contributed by atoms with Gasteiger partial charge in [0.1, 0.15) is 10.8 Å². The Balaban J connectivity index is 3.16. The highest BCUT2D eigenvalue weighted by molar-refractivity contribution is 6.31. The molecule has 0 fully saturated rings. The molecule has 0 radical (unpaired) electrons. The average molecular weight is 156 g/mol. The SMILES string of the molecule is CC1=C(O)C(Cl)=CN=C=C1. The van der Waals surface area contributed by atoms with Gasteiger partial charge in [-0.15, -0.1) is 0 Å². The van der Waals surface area contributed by atoms with Crippen LogP contribution in [0.25, 0.3) is 0 Å². The van der Waals surface area contributed by atoms with E-state index in [1.165, 1.54) is 6.20 Å². The van der Waals surface area contributed by atoms with E-state index in [1.807, 2.05) is 0 Å². The standard InChI is InChI=1S/C7H6ClNO/c1-5-2-3-9-4-6(8)7(5)10/h2,4,10H,1H3. The molecule has 0 saturated heterocycles. The second-order valence-corrected chi connectivity index (χ2v) is 2.32. The largest absolute Gasteiger partial charge is 0.506 e. The van der Waals surface area contributed by atoms with Crippen molar-refractivity contribution in [2.75, 3.05) is 0 Å². The monoisotopic (exact) mass is 155 g/mol. The summed E-state index contributed by atoms with van der Waals surface area (Å²) >= 11 is 5.57. The van der Waals surface area contributed by atoms with Gasteiger partial charge in [-0.25, -0.2) is 4.99 Å². The van der Waals surface area contributed by atoms with Crippen LogP contribution in [0.15, 0.2) is 33.6 Å². The maximum atomic E-state index is 9.17. The fraction of sp³-hybridized carbons (Fsp3) is 0.143. The molecular formula is C7H6ClNO. The van der Waals surface area contributed by atoms with Crippen molar-refractivity contribution >= 4 is 17.5 Å². The molecule has 10 heavy (non-hydrogen) atoms. The van der Waals surface area contributed by atoms with Crippen LogP contribution in [-0.2, 0) is 0 Å². The summed E-state index contributed by atoms with van der Waals surface area (Å²) in [5, 5.41) is 9.42. The summed E-state index contributed by atoms with van der Waals surface area (Å²) in [7, 11) is 0. The van der Waals surface area contributed by atoms with Crippen molar-refractivity contribution in [2.45, 2.75) is 6.92 Å². The predicted octanol–water partition coefficient (Wildman–Crippen LogP) is 2.14. The van der Waals surface area contributed by atoms with Gasteiger partial charge in [0.25, 0.3) is 0 Å². The van der Waals surface area contributed by atoms with E-state index in [4.69, 9.17) is 11.6 Å². The van der Waals surface area contributed by atoms with E-state index in [1.54, 1.807) is 13.0 Å². The molecular weight excluding hydrogens is 150 g/mol. The zero-order chi connectivity index (χ0) is 7.56. The lowest BCUT2D eigenvalue weighted by atomic mass is 10.2. The molecule has 1 aliphatic heterocycles. The number of halogens is 1. The van der Waals surface area contributed by atoms with E-state index in [2.05, 4.69) is 10.9 Å². The van der Waals surface area contributed by atoms with Gasteiger partial charge < -0.3 is 5.11 Å². The maximum absolute atomic E-state index is 9.17. The van der Waals surface area contributed by atoms with E-state index in [0.29, 0.717) is 5.57 Å². The molecule has 0 aromatic rings. The van der Waals surface area contributed by atoms with Crippen molar-refractivity contribution in [1.29, 1.82) is 0 Å². The Labute approximate surface area is 63.8 Å². The van der Waals surface area contributed by atoms with Crippen LogP contribution < -0.4 is 0 Å². The van der Waals surface area contributed by atoms with E-state index < -0.39 is 0 Å². The van der Waals surface area contributed by atoms with Crippen molar-refractivity contribution in [3.05, 3.63) is 28.6 Å². The van der Waals surface area contributed by atoms with E-state index in [9.17, 15) is 5.11 Å². The Morgan fingerprint density at radius 1 is 1.70 bits per heavy atom. The summed E-state index contributed by atoms with van der Waals surface area (Å²) in [5.41, 5.74) is 0.669. The molecule has 0 aliphatic carbocycles. The molecule has 1 heterocycles. The molecule has 0 saturated carbocycles. The van der Waals surface area contributed by atoms with Crippen LogP contribution in [0.4, 0.5) is 0 Å². The molecule has 1 rings (SSSR count). The Morgan fingerprint density at radius 2 is 2.40 bits per heavy atom. The molecule has 0 bridgehead atoms. The second kappa shape index (κ2) is 2.74. The number of aliphatic hydroxyl groups excluding tert-OH is 1. The van der Waals surface area contributed by atoms with Gasteiger partial charge in [-0.2, -0.15) is 0 Å². The second-order valence-electron chi connectivity index (χ2n) is 1.91. The van der Waals surface area contributed by atoms with Crippen LogP contribution in [0.1, 0.15) is 6.92 Å². The summed E-state index contributed by atoms with van der Waals surface area (Å²) in [6.07, 6.45) is 2.92. The van der Waals surface area contributed by atoms with Gasteiger partial charge in [-0.05, 0) is 12.8 Å². The maximum Gasteiger partial charge on any atom is 0.139 e. The molecule has 1 N–H and O–H groups in total. The zero-order valence-corrected chi connectivity index (χ0v) is 6.18. The Bertz CT molecular complexity index is 265. The average Bonchev–Trinajstić information content (AvgIpc) is 2.04. The first-order valence-corrected chi connectivity index (χ1v) is 3.14. The van der Waals surface area contributed by atoms with Gasteiger partial charge in [-0.1, -0.05) is 11.6 Å². The first kappa shape index (κ1) is 7.13. The zero-order valence-electron chi connectivity index (χ0n) is 5.43. The third kappa shape index (κ3) is 1.29. The quantitative estimate of drug-likeness (QED) is 0.571. The molecule has 0 aromatic heterocycles. The highest BCUT2D eigenvalue weighted by Crippen LogP contribution is 2.17. The lowest BCUT2D eigenvalue weighted by Crippen LogP contribution is -1.83. The van der Waals surface area contributed by atoms with Crippen molar-refractivity contribution in [1.82, 2.24) is 0 Å². The number of nitrogens with zero attached hydrogens (tertiary/aromatic N) is 1. The number of aliphatic hydroxyl groups is 1. The van der Waals surface area contributed by atoms with Gasteiger partial charge in [0.15, 0.2) is 0 Å². The number of allylic oxidation sites excluding steroid dienone is 3. The normalized spacial score (nSPS) is 17.2. The highest BCUT2D eigenvalue weighted by Gasteiger charge is 2.03. The fourth-order valence-electron chi connectivity index (χ4n) is 0.546. The third-order valence-electron chi connectivity index (χ3n) is 1.13. The van der Waals surface area contributed by atoms with E-state index >= 15 is 0 Å². The summed E-state index contributed by atoms with van der Waals surface area (Å²) in [6.45, 7) is 1.74. The molecule has 0 atom stereocenters. The minimum Gasteiger partial charge on any atom is -0.506 e. The molecule has 0 aromatic carbocycles. The minimum absolute atomic E-state index is 0.0652. The van der Waals surface area contributed by atoms with Crippen LogP contribution in [0, 0.1) is 0 Å². The number of aliphatic imine (C=N–C) groups is 1. The third-order valence-corrected chi connectivity index (χ3v) is 1.41. The molecule has 3 heteroatoms. The fourth-order valence-corrected chi connectivity index (χ4v) is 0.744. The summed E-state index contributed by atoms with van der Waals surface area (Å²) in [6, 6.07) is 0. The van der Waals surface area contributed by atoms with Gasteiger partial charge in [0.2, 0.25) is 0 Å². The molecule has 0 spiro atoms. The van der Waals surface area contributed by atoms with Crippen molar-refractivity contribution < 1.29 is 5.11 Å². The molecule has 52 valence electrons. The number of rotatable bonds is 0. The predicted molar refractivity (Wildman–Crippen MR) is 41.3 cm³/mol. The Kier molecular flexibility index (Phi) is 1.95. The summed E-state index contributed by atoms with van der Waals surface area (Å²) in [5.74, 6) is 2.64. The number of hydrogen-bond acceptors (Lipinski definition) is 2. The van der Waals surface area contributed by atoms with Gasteiger partial charge >= 0.3 is 0 Å². The number of hydrogen-bond donors (Lipinski definition) is 1. The lowest BCUT2D eigenvalue weighted by Gasteiger charge is -1.95. The van der Waals surface area contributed by atoms with Crippen molar-refractivity contribution in [3.8, 4) is 0 Å².